The molecule has 156 valence electrons. The fourth-order valence-corrected chi connectivity index (χ4v) is 5.31. The number of hydrogen-bond donors (Lipinski definition) is 1. The minimum Gasteiger partial charge on any atom is -0.454 e. The second kappa shape index (κ2) is 8.24. The molecule has 1 N–H and O–H groups in total. The quantitative estimate of drug-likeness (QED) is 0.670. The Morgan fingerprint density at radius 1 is 1.27 bits per heavy atom. The Labute approximate surface area is 179 Å². The Bertz CT molecular complexity index is 1030. The highest BCUT2D eigenvalue weighted by Gasteiger charge is 2.26. The summed E-state index contributed by atoms with van der Waals surface area (Å²) in [5.74, 6) is 1.94. The van der Waals surface area contributed by atoms with Crippen LogP contribution in [0, 0.1) is 0 Å². The van der Waals surface area contributed by atoms with Crippen LogP contribution in [0.3, 0.4) is 0 Å². The van der Waals surface area contributed by atoms with Crippen LogP contribution in [0.1, 0.15) is 42.3 Å². The van der Waals surface area contributed by atoms with Crippen LogP contribution in [-0.2, 0) is 4.79 Å². The number of carbonyl (C=O) groups excluding carboxylic acids is 1. The van der Waals surface area contributed by atoms with Gasteiger partial charge in [-0.25, -0.2) is 4.98 Å². The van der Waals surface area contributed by atoms with Crippen LogP contribution >= 0.6 is 11.3 Å². The largest absolute Gasteiger partial charge is 0.454 e. The predicted molar refractivity (Wildman–Crippen MR) is 117 cm³/mol. The van der Waals surface area contributed by atoms with Gasteiger partial charge >= 0.3 is 0 Å². The summed E-state index contributed by atoms with van der Waals surface area (Å²) < 4.78 is 12.0. The van der Waals surface area contributed by atoms with Crippen molar-refractivity contribution < 1.29 is 14.3 Å². The van der Waals surface area contributed by atoms with E-state index in [1.54, 1.807) is 11.3 Å². The number of carbonyl (C=O) groups is 1. The lowest BCUT2D eigenvalue weighted by Crippen LogP contribution is -2.42. The van der Waals surface area contributed by atoms with E-state index in [0.29, 0.717) is 12.5 Å². The van der Waals surface area contributed by atoms with Gasteiger partial charge in [-0.3, -0.25) is 9.69 Å². The standard InChI is InChI=1S/C23H25N3O3S/c1-15(16-8-9-19-20(11-16)29-14-28-19)24-22(27)13-26-10-4-5-17(12-26)23-25-18-6-2-3-7-21(18)30-23/h2-3,6-9,11,15,17H,4-5,10,12-14H2,1H3,(H,24,27). The Balaban J connectivity index is 1.19. The van der Waals surface area contributed by atoms with Gasteiger partial charge in [0.15, 0.2) is 11.5 Å². The molecule has 0 aliphatic carbocycles. The van der Waals surface area contributed by atoms with Crippen LogP contribution in [0.4, 0.5) is 0 Å². The molecule has 1 fully saturated rings. The molecular formula is C23H25N3O3S. The van der Waals surface area contributed by atoms with Crippen molar-refractivity contribution in [1.29, 1.82) is 0 Å². The summed E-state index contributed by atoms with van der Waals surface area (Å²) in [6.45, 7) is 4.50. The molecule has 1 aromatic heterocycles. The number of thiazole rings is 1. The summed E-state index contributed by atoms with van der Waals surface area (Å²) in [4.78, 5) is 19.8. The number of hydrogen-bond acceptors (Lipinski definition) is 6. The highest BCUT2D eigenvalue weighted by Crippen LogP contribution is 2.34. The van der Waals surface area contributed by atoms with E-state index in [2.05, 4.69) is 28.4 Å². The summed E-state index contributed by atoms with van der Waals surface area (Å²) in [5, 5.41) is 4.31. The zero-order valence-electron chi connectivity index (χ0n) is 17.0. The smallest absolute Gasteiger partial charge is 0.234 e. The van der Waals surface area contributed by atoms with Crippen molar-refractivity contribution in [2.45, 2.75) is 31.7 Å². The topological polar surface area (TPSA) is 63.7 Å². The minimum absolute atomic E-state index is 0.0464. The molecule has 6 nitrogen and oxygen atoms in total. The molecule has 2 aliphatic rings. The molecule has 2 unspecified atom stereocenters. The Kier molecular flexibility index (Phi) is 5.31. The van der Waals surface area contributed by atoms with E-state index in [9.17, 15) is 4.79 Å². The van der Waals surface area contributed by atoms with Crippen LogP contribution in [0.25, 0.3) is 10.2 Å². The van der Waals surface area contributed by atoms with Gasteiger partial charge in [-0.2, -0.15) is 0 Å². The number of benzene rings is 2. The van der Waals surface area contributed by atoms with Crippen LogP contribution in [0.15, 0.2) is 42.5 Å². The van der Waals surface area contributed by atoms with Gasteiger partial charge in [0.1, 0.15) is 0 Å². The van der Waals surface area contributed by atoms with Crippen molar-refractivity contribution in [2.24, 2.45) is 0 Å². The molecule has 3 aromatic rings. The first-order chi connectivity index (χ1) is 14.7. The third-order valence-electron chi connectivity index (χ3n) is 5.81. The molecule has 0 bridgehead atoms. The molecule has 5 rings (SSSR count). The number of likely N-dealkylation sites (tertiary alicyclic amines) is 1. The molecule has 3 heterocycles. The number of nitrogens with one attached hydrogen (secondary N) is 1. The van der Waals surface area contributed by atoms with Crippen LogP contribution < -0.4 is 14.8 Å². The van der Waals surface area contributed by atoms with Crippen LogP contribution in [0.5, 0.6) is 11.5 Å². The lowest BCUT2D eigenvalue weighted by atomic mass is 9.98. The SMILES string of the molecule is CC(NC(=O)CN1CCCC(c2nc3ccccc3s2)C1)c1ccc2c(c1)OCO2. The van der Waals surface area contributed by atoms with E-state index in [1.807, 2.05) is 31.2 Å². The van der Waals surface area contributed by atoms with Gasteiger partial charge in [-0.05, 0) is 56.1 Å². The maximum Gasteiger partial charge on any atom is 0.234 e. The number of amides is 1. The van der Waals surface area contributed by atoms with Crippen molar-refractivity contribution in [3.05, 3.63) is 53.0 Å². The monoisotopic (exact) mass is 423 g/mol. The van der Waals surface area contributed by atoms with Crippen LogP contribution in [-0.4, -0.2) is 42.2 Å². The number of fused-ring (bicyclic) bond motifs is 2. The molecule has 2 atom stereocenters. The highest BCUT2D eigenvalue weighted by molar-refractivity contribution is 7.18. The molecule has 0 spiro atoms. The lowest BCUT2D eigenvalue weighted by molar-refractivity contribution is -0.123. The fourth-order valence-electron chi connectivity index (χ4n) is 4.22. The summed E-state index contributed by atoms with van der Waals surface area (Å²) in [7, 11) is 0. The van der Waals surface area contributed by atoms with Gasteiger partial charge in [-0.15, -0.1) is 11.3 Å². The number of rotatable bonds is 5. The van der Waals surface area contributed by atoms with E-state index in [-0.39, 0.29) is 18.7 Å². The van der Waals surface area contributed by atoms with E-state index in [1.165, 1.54) is 9.71 Å². The van der Waals surface area contributed by atoms with E-state index < -0.39 is 0 Å². The average Bonchev–Trinajstić information content (AvgIpc) is 3.40. The molecule has 0 saturated carbocycles. The van der Waals surface area contributed by atoms with E-state index in [4.69, 9.17) is 14.5 Å². The lowest BCUT2D eigenvalue weighted by Gasteiger charge is -2.31. The van der Waals surface area contributed by atoms with Gasteiger partial charge in [0.05, 0.1) is 27.8 Å². The molecule has 0 radical (unpaired) electrons. The van der Waals surface area contributed by atoms with Gasteiger partial charge < -0.3 is 14.8 Å². The number of aromatic nitrogens is 1. The van der Waals surface area contributed by atoms with E-state index in [0.717, 1.165) is 48.5 Å². The average molecular weight is 424 g/mol. The fraction of sp³-hybridized carbons (Fsp3) is 0.391. The van der Waals surface area contributed by atoms with Crippen molar-refractivity contribution >= 4 is 27.5 Å². The second-order valence-electron chi connectivity index (χ2n) is 8.00. The summed E-state index contributed by atoms with van der Waals surface area (Å²) in [6, 6.07) is 14.0. The molecule has 1 saturated heterocycles. The number of para-hydroxylation sites is 1. The first-order valence-electron chi connectivity index (χ1n) is 10.4. The molecule has 2 aliphatic heterocycles. The number of nitrogens with zero attached hydrogens (tertiary/aromatic N) is 2. The summed E-state index contributed by atoms with van der Waals surface area (Å²) >= 11 is 1.78. The van der Waals surface area contributed by atoms with Crippen molar-refractivity contribution in [2.75, 3.05) is 26.4 Å². The molecular weight excluding hydrogens is 398 g/mol. The van der Waals surface area contributed by atoms with Gasteiger partial charge in [0.2, 0.25) is 12.7 Å². The first-order valence-corrected chi connectivity index (χ1v) is 11.2. The Morgan fingerprint density at radius 2 is 2.13 bits per heavy atom. The maximum absolute atomic E-state index is 12.7. The number of ether oxygens (including phenoxy) is 2. The van der Waals surface area contributed by atoms with Gasteiger partial charge in [0.25, 0.3) is 0 Å². The third kappa shape index (κ3) is 4.00. The zero-order chi connectivity index (χ0) is 20.5. The second-order valence-corrected chi connectivity index (χ2v) is 9.06. The van der Waals surface area contributed by atoms with Crippen LogP contribution in [0.2, 0.25) is 0 Å². The van der Waals surface area contributed by atoms with Crippen molar-refractivity contribution in [3.63, 3.8) is 0 Å². The maximum atomic E-state index is 12.7. The third-order valence-corrected chi connectivity index (χ3v) is 7.01. The van der Waals surface area contributed by atoms with Crippen molar-refractivity contribution in [1.82, 2.24) is 15.2 Å². The van der Waals surface area contributed by atoms with Crippen molar-refractivity contribution in [3.8, 4) is 11.5 Å². The predicted octanol–water partition coefficient (Wildman–Crippen LogP) is 4.08. The molecule has 1 amide bonds. The highest BCUT2D eigenvalue weighted by atomic mass is 32.1. The van der Waals surface area contributed by atoms with Gasteiger partial charge in [0, 0.05) is 12.5 Å². The van der Waals surface area contributed by atoms with Gasteiger partial charge in [-0.1, -0.05) is 18.2 Å². The van der Waals surface area contributed by atoms with E-state index >= 15 is 0 Å². The normalized spacial score (nSPS) is 19.7. The minimum atomic E-state index is -0.0863. The Hall–Kier alpha value is -2.64. The molecule has 7 heteroatoms. The molecule has 2 aromatic carbocycles. The Morgan fingerprint density at radius 3 is 3.03 bits per heavy atom. The first kappa shape index (κ1) is 19.3. The molecule has 30 heavy (non-hydrogen) atoms. The number of piperidine rings is 1. The zero-order valence-corrected chi connectivity index (χ0v) is 17.8. The summed E-state index contributed by atoms with van der Waals surface area (Å²) in [6.07, 6.45) is 2.22. The summed E-state index contributed by atoms with van der Waals surface area (Å²) in [5.41, 5.74) is 2.09.